The molecule has 0 spiro atoms. The third-order valence-corrected chi connectivity index (χ3v) is 7.66. The smallest absolute Gasteiger partial charge is 0.227 e. The maximum absolute atomic E-state index is 14.6. The van der Waals surface area contributed by atoms with Gasteiger partial charge in [-0.1, -0.05) is 31.4 Å². The van der Waals surface area contributed by atoms with Crippen LogP contribution >= 0.6 is 0 Å². The fourth-order valence-electron chi connectivity index (χ4n) is 5.59. The number of pyridine rings is 3. The molecule has 0 bridgehead atoms. The molecule has 1 aliphatic carbocycles. The van der Waals surface area contributed by atoms with Crippen LogP contribution in [-0.2, 0) is 4.79 Å². The van der Waals surface area contributed by atoms with Crippen molar-refractivity contribution in [3.63, 3.8) is 0 Å². The Morgan fingerprint density at radius 1 is 0.900 bits per heavy atom. The molecule has 1 fully saturated rings. The fourth-order valence-corrected chi connectivity index (χ4v) is 5.59. The van der Waals surface area contributed by atoms with E-state index in [9.17, 15) is 9.18 Å². The maximum Gasteiger partial charge on any atom is 0.227 e. The molecule has 5 heterocycles. The first-order chi connectivity index (χ1) is 19.6. The normalized spacial score (nSPS) is 14.1. The van der Waals surface area contributed by atoms with Crippen molar-refractivity contribution in [3.05, 3.63) is 79.1 Å². The quantitative estimate of drug-likeness (QED) is 0.224. The van der Waals surface area contributed by atoms with Crippen molar-refractivity contribution in [2.45, 2.75) is 32.1 Å². The van der Waals surface area contributed by atoms with Gasteiger partial charge < -0.3 is 10.3 Å². The summed E-state index contributed by atoms with van der Waals surface area (Å²) in [4.78, 5) is 29.6. The topological polar surface area (TPSA) is 112 Å². The predicted molar refractivity (Wildman–Crippen MR) is 153 cm³/mol. The van der Waals surface area contributed by atoms with E-state index >= 15 is 0 Å². The van der Waals surface area contributed by atoms with E-state index in [0.29, 0.717) is 28.3 Å². The van der Waals surface area contributed by atoms with Crippen molar-refractivity contribution in [1.82, 2.24) is 30.1 Å². The molecule has 3 N–H and O–H groups in total. The van der Waals surface area contributed by atoms with Crippen LogP contribution in [0.1, 0.15) is 32.1 Å². The van der Waals surface area contributed by atoms with E-state index in [4.69, 9.17) is 0 Å². The Morgan fingerprint density at radius 2 is 1.75 bits per heavy atom. The number of rotatable bonds is 5. The number of carbonyl (C=O) groups is 1. The van der Waals surface area contributed by atoms with Gasteiger partial charge in [0, 0.05) is 57.5 Å². The summed E-state index contributed by atoms with van der Waals surface area (Å²) in [5.41, 5.74) is 6.28. The Morgan fingerprint density at radius 3 is 2.62 bits per heavy atom. The highest BCUT2D eigenvalue weighted by atomic mass is 19.1. The monoisotopic (exact) mass is 531 g/mol. The van der Waals surface area contributed by atoms with Gasteiger partial charge in [-0.15, -0.1) is 0 Å². The number of hydrogen-bond acceptors (Lipinski definition) is 5. The second kappa shape index (κ2) is 10.00. The Balaban J connectivity index is 1.23. The Hall–Kier alpha value is -4.92. The maximum atomic E-state index is 14.6. The number of aromatic nitrogens is 6. The molecule has 0 unspecified atom stereocenters. The van der Waals surface area contributed by atoms with Gasteiger partial charge in [-0.25, -0.2) is 9.37 Å². The Bertz CT molecular complexity index is 1870. The van der Waals surface area contributed by atoms with Gasteiger partial charge in [0.05, 0.1) is 23.3 Å². The Labute approximate surface area is 229 Å². The van der Waals surface area contributed by atoms with E-state index in [-0.39, 0.29) is 17.6 Å². The number of H-pyrrole nitrogens is 2. The molecule has 1 aromatic carbocycles. The molecule has 9 heteroatoms. The van der Waals surface area contributed by atoms with Crippen LogP contribution in [0.2, 0.25) is 0 Å². The summed E-state index contributed by atoms with van der Waals surface area (Å²) < 4.78 is 14.6. The molecular weight excluding hydrogens is 505 g/mol. The Kier molecular flexibility index (Phi) is 6.03. The molecule has 7 rings (SSSR count). The molecule has 0 radical (unpaired) electrons. The summed E-state index contributed by atoms with van der Waals surface area (Å²) in [5, 5.41) is 12.2. The number of carbonyl (C=O) groups excluding carboxylic acids is 1. The first-order valence-electron chi connectivity index (χ1n) is 13.5. The van der Waals surface area contributed by atoms with E-state index in [0.717, 1.165) is 58.8 Å². The lowest BCUT2D eigenvalue weighted by molar-refractivity contribution is -0.120. The van der Waals surface area contributed by atoms with Crippen LogP contribution in [0.25, 0.3) is 55.7 Å². The third kappa shape index (κ3) is 4.39. The number of anilines is 1. The van der Waals surface area contributed by atoms with E-state index < -0.39 is 0 Å². The van der Waals surface area contributed by atoms with Crippen molar-refractivity contribution in [2.75, 3.05) is 5.32 Å². The van der Waals surface area contributed by atoms with Gasteiger partial charge >= 0.3 is 0 Å². The number of nitrogens with zero attached hydrogens (tertiary/aromatic N) is 4. The molecule has 0 saturated heterocycles. The average Bonchev–Trinajstić information content (AvgIpc) is 3.62. The number of benzene rings is 1. The highest BCUT2D eigenvalue weighted by Gasteiger charge is 2.21. The van der Waals surface area contributed by atoms with Gasteiger partial charge in [0.2, 0.25) is 5.91 Å². The average molecular weight is 532 g/mol. The van der Waals surface area contributed by atoms with Crippen LogP contribution in [0.4, 0.5) is 10.1 Å². The summed E-state index contributed by atoms with van der Waals surface area (Å²) >= 11 is 0. The molecule has 1 aliphatic rings. The number of nitrogens with one attached hydrogen (secondary N) is 3. The minimum absolute atomic E-state index is 0.0624. The second-order valence-electron chi connectivity index (χ2n) is 10.3. The van der Waals surface area contributed by atoms with Crippen LogP contribution in [0.5, 0.6) is 0 Å². The van der Waals surface area contributed by atoms with Gasteiger partial charge in [0.15, 0.2) is 5.65 Å². The summed E-state index contributed by atoms with van der Waals surface area (Å²) in [6.45, 7) is 0. The zero-order valence-corrected chi connectivity index (χ0v) is 21.6. The van der Waals surface area contributed by atoms with Crippen molar-refractivity contribution in [1.29, 1.82) is 0 Å². The van der Waals surface area contributed by atoms with Crippen LogP contribution < -0.4 is 5.32 Å². The molecule has 8 nitrogen and oxygen atoms in total. The van der Waals surface area contributed by atoms with Crippen LogP contribution in [-0.4, -0.2) is 36.0 Å². The molecule has 198 valence electrons. The lowest BCUT2D eigenvalue weighted by Gasteiger charge is -2.20. The van der Waals surface area contributed by atoms with Crippen LogP contribution in [0.15, 0.2) is 73.3 Å². The van der Waals surface area contributed by atoms with Crippen LogP contribution in [0, 0.1) is 11.7 Å². The van der Waals surface area contributed by atoms with Gasteiger partial charge in [-0.05, 0) is 49.2 Å². The molecule has 6 aromatic rings. The summed E-state index contributed by atoms with van der Waals surface area (Å²) in [6, 6.07) is 14.4. The minimum atomic E-state index is -0.324. The van der Waals surface area contributed by atoms with Gasteiger partial charge in [0.25, 0.3) is 0 Å². The molecule has 5 aromatic heterocycles. The van der Waals surface area contributed by atoms with E-state index in [1.807, 2.05) is 24.3 Å². The summed E-state index contributed by atoms with van der Waals surface area (Å²) in [6.07, 6.45) is 12.1. The second-order valence-corrected chi connectivity index (χ2v) is 10.3. The molecule has 40 heavy (non-hydrogen) atoms. The minimum Gasteiger partial charge on any atom is -0.353 e. The largest absolute Gasteiger partial charge is 0.353 e. The van der Waals surface area contributed by atoms with Crippen molar-refractivity contribution < 1.29 is 9.18 Å². The van der Waals surface area contributed by atoms with Crippen LogP contribution in [0.3, 0.4) is 0 Å². The van der Waals surface area contributed by atoms with E-state index in [2.05, 4.69) is 35.5 Å². The summed E-state index contributed by atoms with van der Waals surface area (Å²) in [5.74, 6) is -0.197. The zero-order chi connectivity index (χ0) is 27.1. The third-order valence-electron chi connectivity index (χ3n) is 7.66. The molecular formula is C31H26FN7O. The molecule has 1 saturated carbocycles. The predicted octanol–water partition coefficient (Wildman–Crippen LogP) is 6.89. The lowest BCUT2D eigenvalue weighted by atomic mass is 9.88. The molecule has 0 atom stereocenters. The van der Waals surface area contributed by atoms with E-state index in [1.54, 1.807) is 43.0 Å². The van der Waals surface area contributed by atoms with E-state index in [1.165, 1.54) is 12.5 Å². The van der Waals surface area contributed by atoms with Gasteiger partial charge in [-0.3, -0.25) is 19.9 Å². The first kappa shape index (κ1) is 24.1. The number of amides is 1. The van der Waals surface area contributed by atoms with Crippen molar-refractivity contribution in [2.24, 2.45) is 5.92 Å². The molecule has 1 amide bonds. The highest BCUT2D eigenvalue weighted by molar-refractivity contribution is 6.00. The fraction of sp³-hybridized carbons (Fsp3) is 0.194. The number of fused-ring (bicyclic) bond motifs is 2. The van der Waals surface area contributed by atoms with Crippen molar-refractivity contribution in [3.8, 4) is 33.8 Å². The zero-order valence-electron chi connectivity index (χ0n) is 21.6. The first-order valence-corrected chi connectivity index (χ1v) is 13.5. The number of aromatic amines is 2. The van der Waals surface area contributed by atoms with Crippen molar-refractivity contribution >= 4 is 33.5 Å². The number of hydrogen-bond donors (Lipinski definition) is 3. The summed E-state index contributed by atoms with van der Waals surface area (Å²) in [7, 11) is 0. The SMILES string of the molecule is O=C(Nc1cncc(-c2cnc3[nH]nc(-c4cc5c(-c6ccccc6F)nccc5[nH]4)c3c2)c1)C1CCCCC1. The number of halogens is 1. The standard InChI is InChI=1S/C31H26FN7O/c32-25-9-5-4-8-22(25)28-23-14-27(37-26(23)10-11-34-28)29-24-13-20(16-35-30(24)39-38-29)19-12-21(17-33-15-19)36-31(40)18-6-2-1-3-7-18/h4-5,8-18,37H,1-3,6-7H2,(H,36,40)(H,35,38,39). The van der Waals surface area contributed by atoms with Gasteiger partial charge in [0.1, 0.15) is 11.5 Å². The molecule has 0 aliphatic heterocycles. The van der Waals surface area contributed by atoms with Gasteiger partial charge in [-0.2, -0.15) is 5.10 Å². The highest BCUT2D eigenvalue weighted by Crippen LogP contribution is 2.35. The lowest BCUT2D eigenvalue weighted by Crippen LogP contribution is -2.24.